The fourth-order valence-electron chi connectivity index (χ4n) is 1.16. The van der Waals surface area contributed by atoms with Crippen LogP contribution in [-0.2, 0) is 20.4 Å². The summed E-state index contributed by atoms with van der Waals surface area (Å²) in [6.07, 6.45) is 7.78. The van der Waals surface area contributed by atoms with Crippen LogP contribution in [0.2, 0.25) is 0 Å². The van der Waals surface area contributed by atoms with Crippen molar-refractivity contribution in [3.05, 3.63) is 0 Å². The first-order chi connectivity index (χ1) is 6.18. The molecule has 0 aliphatic carbocycles. The molecule has 0 rings (SSSR count). The van der Waals surface area contributed by atoms with E-state index in [4.69, 9.17) is 5.11 Å². The van der Waals surface area contributed by atoms with Crippen molar-refractivity contribution in [2.75, 3.05) is 0 Å². The van der Waals surface area contributed by atoms with E-state index < -0.39 is 5.97 Å². The van der Waals surface area contributed by atoms with E-state index in [-0.39, 0.29) is 0 Å². The molecule has 0 aromatic heterocycles. The summed E-state index contributed by atoms with van der Waals surface area (Å²) in [7, 11) is 0. The quantitative estimate of drug-likeness (QED) is 0.510. The molecule has 0 unspecified atom stereocenters. The number of rotatable bonds is 8. The predicted molar refractivity (Wildman–Crippen MR) is 50.6 cm³/mol. The van der Waals surface area contributed by atoms with Crippen molar-refractivity contribution in [2.24, 2.45) is 0 Å². The zero-order chi connectivity index (χ0) is 10.1. The molecule has 13 heavy (non-hydrogen) atoms. The molecule has 2 nitrogen and oxygen atoms in total. The molecule has 0 heterocycles. The standard InChI is InChI=1S/C10H18O2.Fe/c1-2-3-4-5-6-7-8-9-10(11)12;/h2-8H2,1H3,(H,11,12);. The molecule has 0 bridgehead atoms. The summed E-state index contributed by atoms with van der Waals surface area (Å²) < 4.78 is 0.343. The van der Waals surface area contributed by atoms with Crippen LogP contribution in [0.1, 0.15) is 51.9 Å². The molecule has 0 radical (unpaired) electrons. The van der Waals surface area contributed by atoms with Crippen LogP contribution in [0.3, 0.4) is 0 Å². The van der Waals surface area contributed by atoms with Crippen LogP contribution in [0.5, 0.6) is 0 Å². The summed E-state index contributed by atoms with van der Waals surface area (Å²) in [5.41, 5.74) is 0. The van der Waals surface area contributed by atoms with Gasteiger partial charge < -0.3 is 0 Å². The Morgan fingerprint density at radius 3 is 2.23 bits per heavy atom. The van der Waals surface area contributed by atoms with E-state index >= 15 is 0 Å². The van der Waals surface area contributed by atoms with Gasteiger partial charge in [0.2, 0.25) is 0 Å². The van der Waals surface area contributed by atoms with E-state index in [1.165, 1.54) is 25.7 Å². The molecule has 0 aliphatic rings. The summed E-state index contributed by atoms with van der Waals surface area (Å²) in [6, 6.07) is 0. The van der Waals surface area contributed by atoms with Crippen molar-refractivity contribution < 1.29 is 25.5 Å². The fourth-order valence-corrected chi connectivity index (χ4v) is 1.36. The Morgan fingerprint density at radius 2 is 1.69 bits per heavy atom. The molecule has 0 spiro atoms. The number of carboxylic acids is 1. The van der Waals surface area contributed by atoms with Gasteiger partial charge in [0.05, 0.1) is 0 Å². The van der Waals surface area contributed by atoms with Crippen LogP contribution >= 0.6 is 0 Å². The first-order valence-corrected chi connectivity index (χ1v) is 5.47. The number of hydrogen-bond acceptors (Lipinski definition) is 1. The van der Waals surface area contributed by atoms with E-state index in [0.29, 0.717) is 10.8 Å². The minimum absolute atomic E-state index is 0.343. The molecule has 0 fully saturated rings. The average molecular weight is 226 g/mol. The number of aliphatic carboxylic acids is 1. The molecule has 1 N–H and O–H groups in total. The minimum atomic E-state index is -0.853. The summed E-state index contributed by atoms with van der Waals surface area (Å²) >= 11 is 3.49. The summed E-state index contributed by atoms with van der Waals surface area (Å²) in [5, 5.41) is 8.52. The van der Waals surface area contributed by atoms with Crippen molar-refractivity contribution in [1.29, 1.82) is 0 Å². The maximum absolute atomic E-state index is 10.4. The number of carboxylic acid groups (broad SMARTS) is 1. The monoisotopic (exact) mass is 226 g/mol. The van der Waals surface area contributed by atoms with E-state index in [2.05, 4.69) is 22.5 Å². The first-order valence-electron chi connectivity index (χ1n) is 4.92. The van der Waals surface area contributed by atoms with E-state index in [9.17, 15) is 4.79 Å². The Hall–Kier alpha value is -0.141. The second kappa shape index (κ2) is 8.46. The molecular formula is C10H18FeO2. The molecule has 0 saturated heterocycles. The summed E-state index contributed by atoms with van der Waals surface area (Å²) in [5.74, 6) is -0.853. The van der Waals surface area contributed by atoms with Crippen molar-refractivity contribution in [3.63, 3.8) is 0 Å². The third-order valence-corrected chi connectivity index (χ3v) is 2.48. The molecule has 0 amide bonds. The molecule has 0 aromatic rings. The first kappa shape index (κ1) is 12.9. The van der Waals surface area contributed by atoms with Crippen LogP contribution in [0.4, 0.5) is 0 Å². The van der Waals surface area contributed by atoms with Crippen LogP contribution in [0.15, 0.2) is 0 Å². The Balaban J connectivity index is 3.16. The summed E-state index contributed by atoms with van der Waals surface area (Å²) in [6.45, 7) is 2.19. The second-order valence-electron chi connectivity index (χ2n) is 3.21. The molecule has 78 valence electrons. The molecule has 0 aliphatic heterocycles. The SMILES string of the molecule is CCCCCCCC[C](=[Fe])C(=O)O. The number of carbonyl (C=O) groups is 1. The van der Waals surface area contributed by atoms with Crippen molar-refractivity contribution in [3.8, 4) is 0 Å². The van der Waals surface area contributed by atoms with Gasteiger partial charge in [0.1, 0.15) is 0 Å². The van der Waals surface area contributed by atoms with Crippen LogP contribution in [-0.4, -0.2) is 15.5 Å². The van der Waals surface area contributed by atoms with Crippen molar-refractivity contribution in [1.82, 2.24) is 0 Å². The fraction of sp³-hybridized carbons (Fsp3) is 0.800. The van der Waals surface area contributed by atoms with Gasteiger partial charge >= 0.3 is 87.7 Å². The molecular weight excluding hydrogens is 208 g/mol. The van der Waals surface area contributed by atoms with Gasteiger partial charge in [0, 0.05) is 0 Å². The predicted octanol–water partition coefficient (Wildman–Crippen LogP) is 2.54. The van der Waals surface area contributed by atoms with Crippen LogP contribution in [0, 0.1) is 0 Å². The molecule has 0 aromatic carbocycles. The Morgan fingerprint density at radius 1 is 1.15 bits per heavy atom. The second-order valence-corrected chi connectivity index (χ2v) is 3.88. The Labute approximate surface area is 88.1 Å². The van der Waals surface area contributed by atoms with E-state index in [1.54, 1.807) is 0 Å². The molecule has 0 saturated carbocycles. The summed E-state index contributed by atoms with van der Waals surface area (Å²) in [4.78, 5) is 10.4. The van der Waals surface area contributed by atoms with E-state index in [0.717, 1.165) is 12.8 Å². The molecule has 0 atom stereocenters. The van der Waals surface area contributed by atoms with Gasteiger partial charge in [0.15, 0.2) is 0 Å². The topological polar surface area (TPSA) is 37.3 Å². The van der Waals surface area contributed by atoms with Gasteiger partial charge in [-0.1, -0.05) is 0 Å². The Bertz CT molecular complexity index is 166. The van der Waals surface area contributed by atoms with Crippen molar-refractivity contribution in [2.45, 2.75) is 51.9 Å². The number of unbranched alkanes of at least 4 members (excludes halogenated alkanes) is 5. The molecule has 3 heteroatoms. The van der Waals surface area contributed by atoms with Gasteiger partial charge in [-0.3, -0.25) is 0 Å². The van der Waals surface area contributed by atoms with Gasteiger partial charge in [-0.05, 0) is 0 Å². The van der Waals surface area contributed by atoms with Crippen LogP contribution < -0.4 is 0 Å². The van der Waals surface area contributed by atoms with Crippen LogP contribution in [0.25, 0.3) is 0 Å². The third kappa shape index (κ3) is 8.20. The Kier molecular flexibility index (Phi) is 8.37. The van der Waals surface area contributed by atoms with Gasteiger partial charge in [-0.15, -0.1) is 0 Å². The zero-order valence-electron chi connectivity index (χ0n) is 8.16. The maximum atomic E-state index is 10.4. The van der Waals surface area contributed by atoms with Gasteiger partial charge in [0.25, 0.3) is 0 Å². The van der Waals surface area contributed by atoms with Gasteiger partial charge in [-0.25, -0.2) is 0 Å². The normalized spacial score (nSPS) is 10.0. The van der Waals surface area contributed by atoms with Gasteiger partial charge in [-0.2, -0.15) is 0 Å². The zero-order valence-corrected chi connectivity index (χ0v) is 9.26. The number of hydrogen-bond donors (Lipinski definition) is 1. The van der Waals surface area contributed by atoms with Crippen molar-refractivity contribution >= 4 is 10.4 Å². The third-order valence-electron chi connectivity index (χ3n) is 1.97. The van der Waals surface area contributed by atoms with E-state index in [1.807, 2.05) is 0 Å². The average Bonchev–Trinajstić information content (AvgIpc) is 2.10.